The number of rotatable bonds is 0. The topological polar surface area (TPSA) is 109 Å². The van der Waals surface area contributed by atoms with E-state index in [-0.39, 0.29) is 56.9 Å². The molecule has 0 radical (unpaired) electrons. The Kier molecular flexibility index (Phi) is 36.5. The summed E-state index contributed by atoms with van der Waals surface area (Å²) >= 11 is 0. The van der Waals surface area contributed by atoms with Crippen molar-refractivity contribution in [3.05, 3.63) is 0 Å². The van der Waals surface area contributed by atoms with Crippen molar-refractivity contribution in [1.82, 2.24) is 0 Å². The Morgan fingerprint density at radius 3 is 1.30 bits per heavy atom. The molecule has 0 amide bonds. The molecule has 0 rings (SSSR count). The first kappa shape index (κ1) is 22.4. The van der Waals surface area contributed by atoms with Gasteiger partial charge < -0.3 is 20.5 Å². The van der Waals surface area contributed by atoms with Crippen LogP contribution in [0.25, 0.3) is 0 Å². The second-order valence-electron chi connectivity index (χ2n) is 1.01. The number of aliphatic carboxylic acids is 2. The van der Waals surface area contributed by atoms with E-state index in [1.807, 2.05) is 0 Å². The summed E-state index contributed by atoms with van der Waals surface area (Å²) in [5.41, 5.74) is 0. The minimum atomic E-state index is -1.08. The minimum Gasteiger partial charge on any atom is -0.550 e. The van der Waals surface area contributed by atoms with Crippen LogP contribution in [0.4, 0.5) is 0 Å². The van der Waals surface area contributed by atoms with Crippen LogP contribution >= 0.6 is 0 Å². The fraction of sp³-hybridized carbons (Fsp3) is 0.500. The maximum absolute atomic E-state index is 9.00. The van der Waals surface area contributed by atoms with E-state index < -0.39 is 11.9 Å². The molecule has 0 spiro atoms. The Morgan fingerprint density at radius 1 is 1.30 bits per heavy atom. The van der Waals surface area contributed by atoms with Gasteiger partial charge in [0, 0.05) is 12.9 Å². The van der Waals surface area contributed by atoms with Crippen molar-refractivity contribution in [2.45, 2.75) is 13.8 Å². The van der Waals surface area contributed by atoms with Crippen LogP contribution < -0.4 is 56.5 Å². The van der Waals surface area contributed by atoms with E-state index in [4.69, 9.17) is 19.8 Å². The average Bonchev–Trinajstić information content (AvgIpc) is 1.25. The molecule has 0 saturated carbocycles. The molecular weight excluding hydrogens is 167 g/mol. The van der Waals surface area contributed by atoms with Crippen LogP contribution in [0.2, 0.25) is 0 Å². The molecule has 10 heavy (non-hydrogen) atoms. The molecular formula is C4H9KO5. The normalized spacial score (nSPS) is 5.00. The van der Waals surface area contributed by atoms with Crippen molar-refractivity contribution < 1.29 is 76.7 Å². The van der Waals surface area contributed by atoms with Crippen molar-refractivity contribution >= 4 is 11.9 Å². The van der Waals surface area contributed by atoms with Crippen LogP contribution in [0.3, 0.4) is 0 Å². The van der Waals surface area contributed by atoms with E-state index in [2.05, 4.69) is 0 Å². The molecule has 56 valence electrons. The maximum atomic E-state index is 9.00. The van der Waals surface area contributed by atoms with Gasteiger partial charge in [-0.3, -0.25) is 4.79 Å². The average molecular weight is 176 g/mol. The third-order valence-corrected chi connectivity index (χ3v) is 0. The molecule has 0 atom stereocenters. The molecule has 0 aliphatic carbocycles. The molecule has 6 heteroatoms. The van der Waals surface area contributed by atoms with Gasteiger partial charge in [0.25, 0.3) is 5.97 Å². The van der Waals surface area contributed by atoms with Gasteiger partial charge in [0.2, 0.25) is 0 Å². The van der Waals surface area contributed by atoms with E-state index >= 15 is 0 Å². The summed E-state index contributed by atoms with van der Waals surface area (Å²) in [6, 6.07) is 0. The molecule has 0 bridgehead atoms. The van der Waals surface area contributed by atoms with Crippen LogP contribution in [0.15, 0.2) is 0 Å². The SMILES string of the molecule is CC(=O)O.CC(=O)[O-].O.[K+]. The van der Waals surface area contributed by atoms with E-state index in [1.165, 1.54) is 0 Å². The summed E-state index contributed by atoms with van der Waals surface area (Å²) in [5, 5.41) is 16.3. The van der Waals surface area contributed by atoms with Gasteiger partial charge in [-0.15, -0.1) is 0 Å². The number of hydrogen-bond acceptors (Lipinski definition) is 3. The van der Waals surface area contributed by atoms with Gasteiger partial charge in [0.05, 0.1) is 0 Å². The standard InChI is InChI=1S/2C2H4O2.K.H2O/c2*1-2(3)4;;/h2*1H3,(H,3,4);;1H2/q;;+1;/p-1. The van der Waals surface area contributed by atoms with Gasteiger partial charge in [-0.25, -0.2) is 0 Å². The fourth-order valence-electron chi connectivity index (χ4n) is 0. The summed E-state index contributed by atoms with van der Waals surface area (Å²) in [7, 11) is 0. The number of carbonyl (C=O) groups excluding carboxylic acids is 1. The van der Waals surface area contributed by atoms with Gasteiger partial charge in [-0.1, -0.05) is 0 Å². The number of hydrogen-bond donors (Lipinski definition) is 1. The van der Waals surface area contributed by atoms with Crippen LogP contribution in [-0.4, -0.2) is 22.5 Å². The molecule has 0 unspecified atom stereocenters. The maximum Gasteiger partial charge on any atom is 1.00 e. The Balaban J connectivity index is -0.0000000300. The number of carboxylic acid groups (broad SMARTS) is 2. The molecule has 0 aliphatic rings. The quantitative estimate of drug-likeness (QED) is 0.373. The molecule has 3 N–H and O–H groups in total. The second kappa shape index (κ2) is 16.3. The summed E-state index contributed by atoms with van der Waals surface area (Å²) in [6.07, 6.45) is 0. The second-order valence-corrected chi connectivity index (χ2v) is 1.01. The zero-order valence-corrected chi connectivity index (χ0v) is 9.30. The first-order valence-electron chi connectivity index (χ1n) is 1.84. The van der Waals surface area contributed by atoms with Gasteiger partial charge >= 0.3 is 51.4 Å². The van der Waals surface area contributed by atoms with Crippen LogP contribution in [0.1, 0.15) is 13.8 Å². The van der Waals surface area contributed by atoms with E-state index in [0.29, 0.717) is 0 Å². The zero-order valence-electron chi connectivity index (χ0n) is 6.17. The Hall–Kier alpha value is 0.536. The molecule has 0 saturated heterocycles. The van der Waals surface area contributed by atoms with Gasteiger partial charge in [-0.2, -0.15) is 0 Å². The van der Waals surface area contributed by atoms with Gasteiger partial charge in [0.15, 0.2) is 0 Å². The van der Waals surface area contributed by atoms with Crippen molar-refractivity contribution in [1.29, 1.82) is 0 Å². The van der Waals surface area contributed by atoms with Crippen molar-refractivity contribution in [2.75, 3.05) is 0 Å². The van der Waals surface area contributed by atoms with Crippen LogP contribution in [0, 0.1) is 0 Å². The van der Waals surface area contributed by atoms with Crippen molar-refractivity contribution in [2.24, 2.45) is 0 Å². The zero-order chi connectivity index (χ0) is 7.15. The van der Waals surface area contributed by atoms with E-state index in [9.17, 15) is 0 Å². The van der Waals surface area contributed by atoms with Gasteiger partial charge in [0.1, 0.15) is 0 Å². The summed E-state index contributed by atoms with van der Waals surface area (Å²) < 4.78 is 0. The Morgan fingerprint density at radius 2 is 1.30 bits per heavy atom. The largest absolute Gasteiger partial charge is 1.00 e. The number of carbonyl (C=O) groups is 2. The Bertz CT molecular complexity index is 71.6. The summed E-state index contributed by atoms with van der Waals surface area (Å²) in [4.78, 5) is 17.9. The minimum absolute atomic E-state index is 0. The monoisotopic (exact) mass is 176 g/mol. The molecule has 0 heterocycles. The molecule has 0 aromatic rings. The van der Waals surface area contributed by atoms with Crippen LogP contribution in [-0.2, 0) is 9.59 Å². The molecule has 0 aromatic heterocycles. The van der Waals surface area contributed by atoms with Crippen molar-refractivity contribution in [3.63, 3.8) is 0 Å². The van der Waals surface area contributed by atoms with E-state index in [0.717, 1.165) is 13.8 Å². The van der Waals surface area contributed by atoms with E-state index in [1.54, 1.807) is 0 Å². The molecule has 0 fully saturated rings. The Labute approximate surface area is 101 Å². The van der Waals surface area contributed by atoms with Gasteiger partial charge in [-0.05, 0) is 6.92 Å². The first-order chi connectivity index (χ1) is 3.46. The third kappa shape index (κ3) is 1690. The van der Waals surface area contributed by atoms with Crippen LogP contribution in [0.5, 0.6) is 0 Å². The summed E-state index contributed by atoms with van der Waals surface area (Å²) in [6.45, 7) is 2.06. The predicted molar refractivity (Wildman–Crippen MR) is 27.6 cm³/mol. The summed E-state index contributed by atoms with van der Waals surface area (Å²) in [5.74, 6) is -1.92. The van der Waals surface area contributed by atoms with Crippen molar-refractivity contribution in [3.8, 4) is 0 Å². The fourth-order valence-corrected chi connectivity index (χ4v) is 0. The predicted octanol–water partition coefficient (Wildman–Crippen LogP) is -4.97. The first-order valence-corrected chi connectivity index (χ1v) is 1.84. The third-order valence-electron chi connectivity index (χ3n) is 0. The smallest absolute Gasteiger partial charge is 0.550 e. The molecule has 0 aliphatic heterocycles. The molecule has 5 nitrogen and oxygen atoms in total. The number of carboxylic acids is 2. The molecule has 0 aromatic carbocycles.